The maximum atomic E-state index is 2.64. The predicted molar refractivity (Wildman–Crippen MR) is 352 cm³/mol. The summed E-state index contributed by atoms with van der Waals surface area (Å²) < 4.78 is 2.55. The Bertz CT molecular complexity index is 4040. The number of unbranched alkanes of at least 4 members (excludes halogenated alkanes) is 10. The van der Waals surface area contributed by atoms with Crippen LogP contribution in [-0.4, -0.2) is 11.3 Å². The number of rotatable bonds is 18. The van der Waals surface area contributed by atoms with Crippen molar-refractivity contribution in [3.63, 3.8) is 0 Å². The molecule has 0 radical (unpaired) electrons. The van der Waals surface area contributed by atoms with Crippen molar-refractivity contribution in [1.29, 1.82) is 0 Å². The van der Waals surface area contributed by atoms with Gasteiger partial charge in [-0.3, -0.25) is 0 Å². The third kappa shape index (κ3) is 8.89. The van der Waals surface area contributed by atoms with Gasteiger partial charge in [0.1, 0.15) is 0 Å². The van der Waals surface area contributed by atoms with E-state index in [-0.39, 0.29) is 17.5 Å². The number of nitrogens with zero attached hydrogens (tertiary/aromatic N) is 1. The molecule has 0 saturated heterocycles. The molecule has 9 aromatic carbocycles. The molecule has 2 aliphatic carbocycles. The SMILES string of the molecule is CCCCCCCCC1(CCCCCCCC)c2ccccc2-c2ccc(-c3ccc4c(c3)C(C)(C)c3cc(-c5cc(C)c(-c6ccc7c(c6)B(c6c(C)cc(C)cc6C)c6cccc8c9ccccc9n-7c68)cc5C)ccc3-4)cc21. The van der Waals surface area contributed by atoms with Gasteiger partial charge in [-0.25, -0.2) is 0 Å². The second-order valence-corrected chi connectivity index (χ2v) is 25.7. The molecule has 0 N–H and O–H groups in total. The van der Waals surface area contributed by atoms with Crippen LogP contribution in [0.25, 0.3) is 83.1 Å². The van der Waals surface area contributed by atoms with Gasteiger partial charge < -0.3 is 4.57 Å². The van der Waals surface area contributed by atoms with E-state index >= 15 is 0 Å². The quantitative estimate of drug-likeness (QED) is 0.0596. The van der Waals surface area contributed by atoms with Crippen LogP contribution in [0.4, 0.5) is 0 Å². The summed E-state index contributed by atoms with van der Waals surface area (Å²) >= 11 is 0. The van der Waals surface area contributed by atoms with E-state index in [2.05, 4.69) is 231 Å². The molecular formula is C79H82BN. The van der Waals surface area contributed by atoms with Crippen LogP contribution in [0.3, 0.4) is 0 Å². The lowest BCUT2D eigenvalue weighted by Gasteiger charge is -2.33. The predicted octanol–water partition coefficient (Wildman–Crippen LogP) is 20.2. The summed E-state index contributed by atoms with van der Waals surface area (Å²) in [5, 5.41) is 2.64. The standard InChI is InChI=1S/C79H82BN/c1-10-12-14-16-18-24-41-79(42-25-19-17-15-13-11-2)68-30-22-20-27-60(68)63-38-34-57(48-71(63)79)56-33-37-61-62-39-35-58(49-70(62)78(8,9)69(61)47-56)66-45-53(5)67(46-52(66)4)59-36-40-75-73(50-59)80(76-54(6)43-51(3)44-55(76)7)72-31-26-29-65-64-28-21-23-32-74(64)81(75)77(65)72/h20-23,26-40,43-50H,10-19,24-25,41-42H2,1-9H3. The van der Waals surface area contributed by atoms with Crippen LogP contribution in [0.2, 0.25) is 0 Å². The molecule has 81 heavy (non-hydrogen) atoms. The molecule has 0 unspecified atom stereocenters. The summed E-state index contributed by atoms with van der Waals surface area (Å²) in [6.07, 6.45) is 18.5. The first-order chi connectivity index (χ1) is 39.4. The number of hydrogen-bond donors (Lipinski definition) is 0. The topological polar surface area (TPSA) is 4.93 Å². The lowest BCUT2D eigenvalue weighted by atomic mass is 9.34. The summed E-state index contributed by atoms with van der Waals surface area (Å²) in [5.41, 5.74) is 34.2. The molecule has 0 atom stereocenters. The van der Waals surface area contributed by atoms with Gasteiger partial charge in [-0.2, -0.15) is 0 Å². The Kier molecular flexibility index (Phi) is 14.0. The zero-order chi connectivity index (χ0) is 55.7. The van der Waals surface area contributed by atoms with Gasteiger partial charge in [0.2, 0.25) is 6.71 Å². The number of benzene rings is 9. The molecule has 1 nitrogen and oxygen atoms in total. The van der Waals surface area contributed by atoms with Crippen LogP contribution < -0.4 is 16.4 Å². The van der Waals surface area contributed by atoms with Gasteiger partial charge in [-0.1, -0.05) is 260 Å². The largest absolute Gasteiger partial charge is 0.310 e. The van der Waals surface area contributed by atoms with Gasteiger partial charge in [-0.05, 0) is 178 Å². The van der Waals surface area contributed by atoms with Crippen molar-refractivity contribution >= 4 is 44.9 Å². The Hall–Kier alpha value is -7.16. The summed E-state index contributed by atoms with van der Waals surface area (Å²) in [4.78, 5) is 0. The van der Waals surface area contributed by atoms with Crippen LogP contribution in [0.1, 0.15) is 168 Å². The van der Waals surface area contributed by atoms with Crippen molar-refractivity contribution in [1.82, 2.24) is 4.57 Å². The Morgan fingerprint density at radius 3 is 1.54 bits per heavy atom. The molecule has 0 saturated carbocycles. The second kappa shape index (κ2) is 21.3. The molecule has 1 aliphatic heterocycles. The Labute approximate surface area is 485 Å². The normalized spacial score (nSPS) is 14.1. The van der Waals surface area contributed by atoms with Gasteiger partial charge in [0.25, 0.3) is 0 Å². The molecule has 1 aromatic heterocycles. The molecule has 0 amide bonds. The van der Waals surface area contributed by atoms with Crippen molar-refractivity contribution in [3.05, 3.63) is 214 Å². The maximum Gasteiger partial charge on any atom is 0.247 e. The Balaban J connectivity index is 0.830. The summed E-state index contributed by atoms with van der Waals surface area (Å²) in [6, 6.07) is 64.8. The van der Waals surface area contributed by atoms with Gasteiger partial charge in [0, 0.05) is 32.8 Å². The number of para-hydroxylation sites is 2. The van der Waals surface area contributed by atoms with Crippen LogP contribution in [-0.2, 0) is 10.8 Å². The second-order valence-electron chi connectivity index (χ2n) is 25.7. The van der Waals surface area contributed by atoms with E-state index in [4.69, 9.17) is 0 Å². The van der Waals surface area contributed by atoms with Crippen molar-refractivity contribution in [3.8, 4) is 61.3 Å². The van der Waals surface area contributed by atoms with E-state index in [1.165, 1.54) is 228 Å². The highest BCUT2D eigenvalue weighted by atomic mass is 15.0. The maximum absolute atomic E-state index is 2.64. The van der Waals surface area contributed by atoms with Crippen molar-refractivity contribution in [2.75, 3.05) is 0 Å². The summed E-state index contributed by atoms with van der Waals surface area (Å²) in [5.74, 6) is 0. The minimum atomic E-state index is -0.158. The first-order valence-electron chi connectivity index (χ1n) is 31.3. The third-order valence-corrected chi connectivity index (χ3v) is 20.0. The van der Waals surface area contributed by atoms with E-state index in [1.807, 2.05) is 0 Å². The number of fused-ring (bicyclic) bond motifs is 11. The number of aromatic nitrogens is 1. The molecule has 13 rings (SSSR count). The van der Waals surface area contributed by atoms with E-state index < -0.39 is 0 Å². The first kappa shape index (κ1) is 53.2. The monoisotopic (exact) mass is 1060 g/mol. The summed E-state index contributed by atoms with van der Waals surface area (Å²) in [6.45, 7) is 21.2. The zero-order valence-corrected chi connectivity index (χ0v) is 50.0. The van der Waals surface area contributed by atoms with E-state index in [9.17, 15) is 0 Å². The average molecular weight is 1060 g/mol. The van der Waals surface area contributed by atoms with E-state index in [0.29, 0.717) is 0 Å². The lowest BCUT2D eigenvalue weighted by Crippen LogP contribution is -2.57. The van der Waals surface area contributed by atoms with Crippen molar-refractivity contribution in [2.24, 2.45) is 0 Å². The Morgan fingerprint density at radius 1 is 0.383 bits per heavy atom. The third-order valence-electron chi connectivity index (χ3n) is 20.0. The van der Waals surface area contributed by atoms with Crippen molar-refractivity contribution < 1.29 is 0 Å². The van der Waals surface area contributed by atoms with Crippen LogP contribution >= 0.6 is 0 Å². The molecular weight excluding hydrogens is 974 g/mol. The van der Waals surface area contributed by atoms with Crippen molar-refractivity contribution in [2.45, 2.75) is 163 Å². The fourth-order valence-corrected chi connectivity index (χ4v) is 16.0. The fourth-order valence-electron chi connectivity index (χ4n) is 16.0. The minimum Gasteiger partial charge on any atom is -0.310 e. The molecule has 2 heterocycles. The van der Waals surface area contributed by atoms with Gasteiger partial charge in [0.15, 0.2) is 0 Å². The highest BCUT2D eigenvalue weighted by Crippen LogP contribution is 2.56. The number of hydrogen-bond acceptors (Lipinski definition) is 0. The van der Waals surface area contributed by atoms with E-state index in [1.54, 1.807) is 11.1 Å². The van der Waals surface area contributed by atoms with E-state index in [0.717, 1.165) is 0 Å². The molecule has 10 aromatic rings. The van der Waals surface area contributed by atoms with Gasteiger partial charge in [-0.15, -0.1) is 0 Å². The molecule has 3 aliphatic rings. The average Bonchev–Trinajstić information content (AvgIpc) is 2.99. The van der Waals surface area contributed by atoms with Gasteiger partial charge in [0.05, 0.1) is 5.52 Å². The minimum absolute atomic E-state index is 0.0667. The summed E-state index contributed by atoms with van der Waals surface area (Å²) in [7, 11) is 0. The molecule has 0 bridgehead atoms. The zero-order valence-electron chi connectivity index (χ0n) is 50.0. The fraction of sp³-hybridized carbons (Fsp3) is 0.316. The number of aryl methyl sites for hydroxylation is 5. The molecule has 406 valence electrons. The lowest BCUT2D eigenvalue weighted by molar-refractivity contribution is 0.398. The highest BCUT2D eigenvalue weighted by Gasteiger charge is 2.43. The molecule has 0 fully saturated rings. The smallest absolute Gasteiger partial charge is 0.247 e. The first-order valence-corrected chi connectivity index (χ1v) is 31.3. The molecule has 0 spiro atoms. The Morgan fingerprint density at radius 2 is 0.889 bits per heavy atom. The van der Waals surface area contributed by atoms with Crippen LogP contribution in [0, 0.1) is 34.6 Å². The molecule has 2 heteroatoms. The van der Waals surface area contributed by atoms with Gasteiger partial charge >= 0.3 is 0 Å². The van der Waals surface area contributed by atoms with Crippen LogP contribution in [0.15, 0.2) is 164 Å². The highest BCUT2D eigenvalue weighted by molar-refractivity contribution is 6.98. The van der Waals surface area contributed by atoms with Crippen LogP contribution in [0.5, 0.6) is 0 Å².